The minimum atomic E-state index is -1.00. The molecule has 3 fully saturated rings. The van der Waals surface area contributed by atoms with Crippen molar-refractivity contribution in [3.05, 3.63) is 11.1 Å². The first-order valence-electron chi connectivity index (χ1n) is 12.4. The molecule has 7 atom stereocenters. The second kappa shape index (κ2) is 6.44. The molecule has 6 heteroatoms. The molecule has 1 saturated heterocycles. The summed E-state index contributed by atoms with van der Waals surface area (Å²) in [5.41, 5.74) is -2.53. The van der Waals surface area contributed by atoms with Gasteiger partial charge in [-0.2, -0.15) is 0 Å². The molecule has 180 valence electrons. The van der Waals surface area contributed by atoms with E-state index in [1.54, 1.807) is 0 Å². The Kier molecular flexibility index (Phi) is 4.48. The SMILES string of the molecule is CC1([C@H]2CC(=O)[C@@]3(C)C4=C(C(=O)C[C@]23C)[C@@]2(C)CCC(=O)C(C)(C)[C@@H]2C[C@@H]4O)CCC(=O)O1. The number of Topliss-reactive ketones (excluding diaryl/α,β-unsaturated/α-hetero) is 3. The number of ether oxygens (including phenoxy) is 1. The number of hydrogen-bond donors (Lipinski definition) is 1. The highest BCUT2D eigenvalue weighted by molar-refractivity contribution is 6.05. The summed E-state index contributed by atoms with van der Waals surface area (Å²) in [5, 5.41) is 11.5. The lowest BCUT2D eigenvalue weighted by molar-refractivity contribution is -0.159. The van der Waals surface area contributed by atoms with E-state index in [0.717, 1.165) is 0 Å². The number of fused-ring (bicyclic) bond motifs is 4. The quantitative estimate of drug-likeness (QED) is 0.604. The number of cyclic esters (lactones) is 1. The van der Waals surface area contributed by atoms with Gasteiger partial charge in [-0.15, -0.1) is 0 Å². The summed E-state index contributed by atoms with van der Waals surface area (Å²) in [5.74, 6) is -0.521. The summed E-state index contributed by atoms with van der Waals surface area (Å²) >= 11 is 0. The van der Waals surface area contributed by atoms with Crippen molar-refractivity contribution in [3.8, 4) is 0 Å². The zero-order chi connectivity index (χ0) is 24.4. The normalized spacial score (nSPS) is 49.0. The van der Waals surface area contributed by atoms with Gasteiger partial charge in [0, 0.05) is 48.0 Å². The van der Waals surface area contributed by atoms with Gasteiger partial charge in [-0.25, -0.2) is 0 Å². The molecule has 5 aliphatic rings. The lowest BCUT2D eigenvalue weighted by atomic mass is 9.42. The van der Waals surface area contributed by atoms with Gasteiger partial charge in [0.2, 0.25) is 0 Å². The number of carbonyl (C=O) groups excluding carboxylic acids is 4. The topological polar surface area (TPSA) is 97.7 Å². The van der Waals surface area contributed by atoms with E-state index in [1.165, 1.54) is 0 Å². The predicted molar refractivity (Wildman–Crippen MR) is 120 cm³/mol. The average Bonchev–Trinajstić information content (AvgIpc) is 3.16. The maximum absolute atomic E-state index is 14.0. The highest BCUT2D eigenvalue weighted by atomic mass is 16.6. The van der Waals surface area contributed by atoms with Crippen LogP contribution in [0.5, 0.6) is 0 Å². The van der Waals surface area contributed by atoms with Crippen molar-refractivity contribution in [1.82, 2.24) is 0 Å². The van der Waals surface area contributed by atoms with E-state index in [1.807, 2.05) is 34.6 Å². The van der Waals surface area contributed by atoms with Crippen LogP contribution < -0.4 is 0 Å². The van der Waals surface area contributed by atoms with Crippen LogP contribution in [0.2, 0.25) is 0 Å². The molecule has 1 unspecified atom stereocenters. The molecule has 0 aromatic heterocycles. The largest absolute Gasteiger partial charge is 0.459 e. The first-order chi connectivity index (χ1) is 15.1. The lowest BCUT2D eigenvalue weighted by Gasteiger charge is -2.60. The van der Waals surface area contributed by atoms with Crippen molar-refractivity contribution in [2.45, 2.75) is 98.2 Å². The molecule has 0 aromatic rings. The van der Waals surface area contributed by atoms with E-state index in [0.29, 0.717) is 43.3 Å². The fourth-order valence-electron chi connectivity index (χ4n) is 8.89. The second-order valence-corrected chi connectivity index (χ2v) is 12.8. The monoisotopic (exact) mass is 456 g/mol. The Hall–Kier alpha value is -1.82. The van der Waals surface area contributed by atoms with Gasteiger partial charge in [0.05, 0.1) is 11.5 Å². The van der Waals surface area contributed by atoms with Gasteiger partial charge in [0.1, 0.15) is 17.2 Å². The lowest BCUT2D eigenvalue weighted by Crippen LogP contribution is -2.60. The summed E-state index contributed by atoms with van der Waals surface area (Å²) in [6.07, 6.45) is 1.67. The fraction of sp³-hybridized carbons (Fsp3) is 0.778. The number of hydrogen-bond acceptors (Lipinski definition) is 6. The Morgan fingerprint density at radius 3 is 2.15 bits per heavy atom. The third-order valence-corrected chi connectivity index (χ3v) is 11.0. The van der Waals surface area contributed by atoms with Crippen LogP contribution in [0.15, 0.2) is 11.1 Å². The number of allylic oxidation sites excluding steroid dienone is 1. The van der Waals surface area contributed by atoms with Crippen LogP contribution in [0.1, 0.15) is 86.5 Å². The highest BCUT2D eigenvalue weighted by Crippen LogP contribution is 2.71. The van der Waals surface area contributed by atoms with Crippen LogP contribution in [-0.2, 0) is 23.9 Å². The van der Waals surface area contributed by atoms with Gasteiger partial charge in [-0.1, -0.05) is 27.7 Å². The van der Waals surface area contributed by atoms with Crippen LogP contribution in [0.3, 0.4) is 0 Å². The summed E-state index contributed by atoms with van der Waals surface area (Å²) in [4.78, 5) is 52.6. The maximum atomic E-state index is 14.0. The van der Waals surface area contributed by atoms with Crippen LogP contribution >= 0.6 is 0 Å². The van der Waals surface area contributed by atoms with Gasteiger partial charge < -0.3 is 9.84 Å². The number of aliphatic hydroxyl groups is 1. The molecule has 0 aromatic carbocycles. The van der Waals surface area contributed by atoms with Crippen LogP contribution in [-0.4, -0.2) is 40.1 Å². The molecular formula is C27H36O6. The molecule has 1 heterocycles. The first kappa shape index (κ1) is 22.9. The third kappa shape index (κ3) is 2.54. The van der Waals surface area contributed by atoms with Gasteiger partial charge in [0.25, 0.3) is 0 Å². The molecule has 0 spiro atoms. The number of carbonyl (C=O) groups is 4. The summed E-state index contributed by atoms with van der Waals surface area (Å²) < 4.78 is 5.76. The minimum Gasteiger partial charge on any atom is -0.459 e. The number of ketones is 3. The molecule has 33 heavy (non-hydrogen) atoms. The van der Waals surface area contributed by atoms with Gasteiger partial charge in [-0.3, -0.25) is 19.2 Å². The molecule has 0 radical (unpaired) electrons. The maximum Gasteiger partial charge on any atom is 0.306 e. The zero-order valence-electron chi connectivity index (χ0n) is 20.7. The van der Waals surface area contributed by atoms with Gasteiger partial charge in [-0.05, 0) is 50.0 Å². The summed E-state index contributed by atoms with van der Waals surface area (Å²) in [6, 6.07) is 0. The van der Waals surface area contributed by atoms with E-state index in [-0.39, 0.29) is 48.0 Å². The molecule has 0 amide bonds. The van der Waals surface area contributed by atoms with Crippen LogP contribution in [0.25, 0.3) is 0 Å². The van der Waals surface area contributed by atoms with Crippen molar-refractivity contribution < 1.29 is 29.0 Å². The van der Waals surface area contributed by atoms with E-state index in [4.69, 9.17) is 4.74 Å². The third-order valence-electron chi connectivity index (χ3n) is 11.0. The van der Waals surface area contributed by atoms with Gasteiger partial charge >= 0.3 is 5.97 Å². The van der Waals surface area contributed by atoms with Crippen LogP contribution in [0, 0.1) is 33.5 Å². The standard InChI is InChI=1S/C27H36O6/c1-23(2)16-11-14(28)22-21(24(16,3)9-7-18(23)30)15(29)13-25(4)17(12-19(31)27(22,25)6)26(5)10-8-20(32)33-26/h14,16-17,28H,7-13H2,1-6H3/t14-,16-,17-,24-,25+,26?,27-/m0/s1. The van der Waals surface area contributed by atoms with Crippen LogP contribution in [0.4, 0.5) is 0 Å². The molecule has 2 saturated carbocycles. The molecular weight excluding hydrogens is 420 g/mol. The van der Waals surface area contributed by atoms with Crippen molar-refractivity contribution in [2.75, 3.05) is 0 Å². The molecule has 0 bridgehead atoms. The predicted octanol–water partition coefficient (Wildman–Crippen LogP) is 3.73. The van der Waals surface area contributed by atoms with E-state index in [9.17, 15) is 24.3 Å². The summed E-state index contributed by atoms with van der Waals surface area (Å²) in [6.45, 7) is 11.7. The van der Waals surface area contributed by atoms with Crippen molar-refractivity contribution in [2.24, 2.45) is 33.5 Å². The Balaban J connectivity index is 1.70. The number of rotatable bonds is 1. The minimum absolute atomic E-state index is 0.0194. The Bertz CT molecular complexity index is 1040. The molecule has 4 aliphatic carbocycles. The van der Waals surface area contributed by atoms with Crippen molar-refractivity contribution in [1.29, 1.82) is 0 Å². The molecule has 6 nitrogen and oxygen atoms in total. The Morgan fingerprint density at radius 2 is 1.55 bits per heavy atom. The fourth-order valence-corrected chi connectivity index (χ4v) is 8.89. The van der Waals surface area contributed by atoms with Gasteiger partial charge in [0.15, 0.2) is 5.78 Å². The second-order valence-electron chi connectivity index (χ2n) is 12.8. The highest BCUT2D eigenvalue weighted by Gasteiger charge is 2.72. The molecule has 1 aliphatic heterocycles. The average molecular weight is 457 g/mol. The summed E-state index contributed by atoms with van der Waals surface area (Å²) in [7, 11) is 0. The Morgan fingerprint density at radius 1 is 0.879 bits per heavy atom. The zero-order valence-corrected chi connectivity index (χ0v) is 20.7. The smallest absolute Gasteiger partial charge is 0.306 e. The van der Waals surface area contributed by atoms with E-state index >= 15 is 0 Å². The van der Waals surface area contributed by atoms with E-state index < -0.39 is 33.4 Å². The van der Waals surface area contributed by atoms with Crippen molar-refractivity contribution >= 4 is 23.3 Å². The van der Waals surface area contributed by atoms with E-state index in [2.05, 4.69) is 6.92 Å². The molecule has 5 rings (SSSR count). The van der Waals surface area contributed by atoms with Crippen molar-refractivity contribution in [3.63, 3.8) is 0 Å². The Labute approximate surface area is 195 Å². The number of esters is 1. The first-order valence-corrected chi connectivity index (χ1v) is 12.4. The number of aliphatic hydroxyl groups excluding tert-OH is 1. The molecule has 1 N–H and O–H groups in total.